The summed E-state index contributed by atoms with van der Waals surface area (Å²) in [4.78, 5) is 0. The maximum atomic E-state index is 6.46. The minimum atomic E-state index is -0.0790. The zero-order valence-electron chi connectivity index (χ0n) is 11.2. The van der Waals surface area contributed by atoms with Crippen LogP contribution < -0.4 is 5.73 Å². The SMILES string of the molecule is NC(c1ccc2c(c1)CCCC2)c1ccc(Br)cc1Br. The van der Waals surface area contributed by atoms with Crippen LogP contribution in [0.2, 0.25) is 0 Å². The van der Waals surface area contributed by atoms with Crippen LogP contribution in [0.25, 0.3) is 0 Å². The normalized spacial score (nSPS) is 15.8. The highest BCUT2D eigenvalue weighted by molar-refractivity contribution is 9.11. The quantitative estimate of drug-likeness (QED) is 0.749. The molecule has 0 radical (unpaired) electrons. The van der Waals surface area contributed by atoms with Crippen molar-refractivity contribution in [3.63, 3.8) is 0 Å². The first-order chi connectivity index (χ1) is 9.65. The largest absolute Gasteiger partial charge is 0.320 e. The summed E-state index contributed by atoms with van der Waals surface area (Å²) < 4.78 is 2.11. The molecule has 0 amide bonds. The molecule has 0 aliphatic heterocycles. The molecule has 1 unspecified atom stereocenters. The second kappa shape index (κ2) is 6.00. The fourth-order valence-corrected chi connectivity index (χ4v) is 4.17. The van der Waals surface area contributed by atoms with Gasteiger partial charge in [0.2, 0.25) is 0 Å². The van der Waals surface area contributed by atoms with Gasteiger partial charge in [-0.1, -0.05) is 56.1 Å². The molecule has 0 bridgehead atoms. The first-order valence-electron chi connectivity index (χ1n) is 6.97. The molecular formula is C17H17Br2N. The molecule has 1 atom stereocenters. The number of hydrogen-bond donors (Lipinski definition) is 1. The van der Waals surface area contributed by atoms with Gasteiger partial charge in [-0.05, 0) is 60.1 Å². The van der Waals surface area contributed by atoms with Gasteiger partial charge in [0.05, 0.1) is 6.04 Å². The molecule has 2 N–H and O–H groups in total. The second-order valence-corrected chi connectivity index (χ2v) is 7.15. The highest BCUT2D eigenvalue weighted by atomic mass is 79.9. The number of rotatable bonds is 2. The Hall–Kier alpha value is -0.640. The van der Waals surface area contributed by atoms with Gasteiger partial charge >= 0.3 is 0 Å². The number of hydrogen-bond acceptors (Lipinski definition) is 1. The van der Waals surface area contributed by atoms with Gasteiger partial charge in [-0.25, -0.2) is 0 Å². The zero-order valence-corrected chi connectivity index (χ0v) is 14.4. The Morgan fingerprint density at radius 3 is 2.40 bits per heavy atom. The van der Waals surface area contributed by atoms with Crippen molar-refractivity contribution < 1.29 is 0 Å². The standard InChI is InChI=1S/C17H17Br2N/c18-14-7-8-15(16(19)10-14)17(20)13-6-5-11-3-1-2-4-12(11)9-13/h5-10,17H,1-4,20H2. The molecule has 1 nitrogen and oxygen atoms in total. The zero-order chi connectivity index (χ0) is 14.1. The summed E-state index contributed by atoms with van der Waals surface area (Å²) in [6.45, 7) is 0. The van der Waals surface area contributed by atoms with Crippen LogP contribution in [0.5, 0.6) is 0 Å². The predicted octanol–water partition coefficient (Wildman–Crippen LogP) is 5.14. The van der Waals surface area contributed by atoms with Crippen LogP contribution in [0.15, 0.2) is 45.3 Å². The van der Waals surface area contributed by atoms with E-state index in [0.29, 0.717) is 0 Å². The van der Waals surface area contributed by atoms with Crippen molar-refractivity contribution in [3.8, 4) is 0 Å². The molecule has 0 saturated carbocycles. The van der Waals surface area contributed by atoms with Crippen molar-refractivity contribution >= 4 is 31.9 Å². The lowest BCUT2D eigenvalue weighted by molar-refractivity contribution is 0.682. The molecule has 1 aliphatic carbocycles. The van der Waals surface area contributed by atoms with E-state index in [4.69, 9.17) is 5.73 Å². The third-order valence-corrected chi connectivity index (χ3v) is 5.21. The summed E-state index contributed by atoms with van der Waals surface area (Å²) in [5.41, 5.74) is 11.8. The van der Waals surface area contributed by atoms with E-state index in [1.54, 1.807) is 0 Å². The number of nitrogens with two attached hydrogens (primary N) is 1. The molecule has 2 aromatic rings. The first-order valence-corrected chi connectivity index (χ1v) is 8.56. The van der Waals surface area contributed by atoms with E-state index in [1.807, 2.05) is 12.1 Å². The molecule has 0 spiro atoms. The van der Waals surface area contributed by atoms with E-state index in [-0.39, 0.29) is 6.04 Å². The topological polar surface area (TPSA) is 26.0 Å². The molecule has 3 heteroatoms. The number of halogens is 2. The van der Waals surface area contributed by atoms with Crippen molar-refractivity contribution in [3.05, 3.63) is 67.6 Å². The maximum Gasteiger partial charge on any atom is 0.0562 e. The molecule has 3 rings (SSSR count). The van der Waals surface area contributed by atoms with E-state index in [0.717, 1.165) is 14.5 Å². The van der Waals surface area contributed by atoms with Crippen LogP contribution in [0.3, 0.4) is 0 Å². The highest BCUT2D eigenvalue weighted by Crippen LogP contribution is 2.31. The Bertz CT molecular complexity index is 637. The summed E-state index contributed by atoms with van der Waals surface area (Å²) >= 11 is 7.09. The van der Waals surface area contributed by atoms with E-state index < -0.39 is 0 Å². The highest BCUT2D eigenvalue weighted by Gasteiger charge is 2.15. The van der Waals surface area contributed by atoms with Crippen LogP contribution in [0, 0.1) is 0 Å². The van der Waals surface area contributed by atoms with Gasteiger partial charge in [0, 0.05) is 8.95 Å². The first kappa shape index (κ1) is 14.3. The molecule has 20 heavy (non-hydrogen) atoms. The molecule has 1 aliphatic rings. The van der Waals surface area contributed by atoms with Crippen molar-refractivity contribution in [2.24, 2.45) is 5.73 Å². The van der Waals surface area contributed by atoms with Crippen LogP contribution in [-0.2, 0) is 12.8 Å². The average Bonchev–Trinajstić information content (AvgIpc) is 2.46. The van der Waals surface area contributed by atoms with Crippen LogP contribution in [0.1, 0.15) is 41.1 Å². The summed E-state index contributed by atoms with van der Waals surface area (Å²) in [6.07, 6.45) is 5.02. The minimum Gasteiger partial charge on any atom is -0.320 e. The number of benzene rings is 2. The lowest BCUT2D eigenvalue weighted by Gasteiger charge is -2.20. The average molecular weight is 395 g/mol. The van der Waals surface area contributed by atoms with Gasteiger partial charge in [-0.15, -0.1) is 0 Å². The van der Waals surface area contributed by atoms with Crippen LogP contribution in [-0.4, -0.2) is 0 Å². The molecule has 0 aromatic heterocycles. The molecule has 104 valence electrons. The molecule has 0 fully saturated rings. The van der Waals surface area contributed by atoms with E-state index in [1.165, 1.54) is 42.4 Å². The monoisotopic (exact) mass is 393 g/mol. The summed E-state index contributed by atoms with van der Waals surface area (Å²) in [6, 6.07) is 12.8. The Labute approximate surface area is 136 Å². The summed E-state index contributed by atoms with van der Waals surface area (Å²) in [5, 5.41) is 0. The fraction of sp³-hybridized carbons (Fsp3) is 0.294. The Morgan fingerprint density at radius 2 is 1.65 bits per heavy atom. The van der Waals surface area contributed by atoms with Crippen molar-refractivity contribution in [2.75, 3.05) is 0 Å². The lowest BCUT2D eigenvalue weighted by Crippen LogP contribution is -2.14. The fourth-order valence-electron chi connectivity index (χ4n) is 2.88. The molecule has 0 heterocycles. The molecular weight excluding hydrogens is 378 g/mol. The molecule has 2 aromatic carbocycles. The maximum absolute atomic E-state index is 6.46. The van der Waals surface area contributed by atoms with Crippen LogP contribution >= 0.6 is 31.9 Å². The Morgan fingerprint density at radius 1 is 0.900 bits per heavy atom. The smallest absolute Gasteiger partial charge is 0.0562 e. The summed E-state index contributed by atoms with van der Waals surface area (Å²) in [5.74, 6) is 0. The predicted molar refractivity (Wildman–Crippen MR) is 91.0 cm³/mol. The van der Waals surface area contributed by atoms with Crippen molar-refractivity contribution in [1.82, 2.24) is 0 Å². The number of aryl methyl sites for hydroxylation is 2. The van der Waals surface area contributed by atoms with Gasteiger partial charge in [-0.3, -0.25) is 0 Å². The van der Waals surface area contributed by atoms with Gasteiger partial charge in [0.15, 0.2) is 0 Å². The van der Waals surface area contributed by atoms with Crippen molar-refractivity contribution in [1.29, 1.82) is 0 Å². The Balaban J connectivity index is 1.95. The third-order valence-electron chi connectivity index (χ3n) is 4.03. The minimum absolute atomic E-state index is 0.0790. The Kier molecular flexibility index (Phi) is 4.29. The van der Waals surface area contributed by atoms with E-state index in [9.17, 15) is 0 Å². The summed E-state index contributed by atoms with van der Waals surface area (Å²) in [7, 11) is 0. The van der Waals surface area contributed by atoms with Gasteiger partial charge in [0.1, 0.15) is 0 Å². The lowest BCUT2D eigenvalue weighted by atomic mass is 9.88. The molecule has 0 saturated heterocycles. The second-order valence-electron chi connectivity index (χ2n) is 5.38. The van der Waals surface area contributed by atoms with Gasteiger partial charge in [0.25, 0.3) is 0 Å². The van der Waals surface area contributed by atoms with Gasteiger partial charge in [-0.2, -0.15) is 0 Å². The van der Waals surface area contributed by atoms with E-state index in [2.05, 4.69) is 56.1 Å². The van der Waals surface area contributed by atoms with E-state index >= 15 is 0 Å². The number of fused-ring (bicyclic) bond motifs is 1. The van der Waals surface area contributed by atoms with Gasteiger partial charge < -0.3 is 5.73 Å². The van der Waals surface area contributed by atoms with Crippen molar-refractivity contribution in [2.45, 2.75) is 31.7 Å². The van der Waals surface area contributed by atoms with Crippen LogP contribution in [0.4, 0.5) is 0 Å². The third kappa shape index (κ3) is 2.85.